The van der Waals surface area contributed by atoms with Crippen molar-refractivity contribution in [2.24, 2.45) is 0 Å². The molecule has 5 rings (SSSR count). The number of benzene rings is 3. The summed E-state index contributed by atoms with van der Waals surface area (Å²) in [6.45, 7) is 0.515. The summed E-state index contributed by atoms with van der Waals surface area (Å²) in [7, 11) is 0. The van der Waals surface area contributed by atoms with Gasteiger partial charge in [-0.05, 0) is 46.7 Å². The first-order valence-electron chi connectivity index (χ1n) is 10.3. The van der Waals surface area contributed by atoms with Crippen LogP contribution in [0.1, 0.15) is 11.1 Å². The van der Waals surface area contributed by atoms with E-state index in [1.807, 2.05) is 42.5 Å². The molecule has 0 unspecified atom stereocenters. The molecule has 2 heterocycles. The number of aromatic nitrogens is 6. The highest BCUT2D eigenvalue weighted by atomic mass is 79.9. The molecule has 0 aliphatic heterocycles. The first-order valence-corrected chi connectivity index (χ1v) is 12.8. The van der Waals surface area contributed by atoms with Crippen LogP contribution in [0.15, 0.2) is 88.5 Å². The second-order valence-corrected chi connectivity index (χ2v) is 10.1. The zero-order valence-electron chi connectivity index (χ0n) is 17.6. The molecule has 0 bridgehead atoms. The van der Waals surface area contributed by atoms with Gasteiger partial charge in [-0.3, -0.25) is 0 Å². The second kappa shape index (κ2) is 10.3. The van der Waals surface area contributed by atoms with Crippen LogP contribution < -0.4 is 0 Å². The fourth-order valence-electron chi connectivity index (χ4n) is 3.35. The lowest BCUT2D eigenvalue weighted by Crippen LogP contribution is -2.04. The zero-order valence-corrected chi connectivity index (χ0v) is 21.6. The SMILES string of the molecule is Clc1ccc(Cl)c(-n2ncc(-c3nnn(Cc4ccc(Br)cc4)n3)c2SCc2ccccc2)c1. The van der Waals surface area contributed by atoms with Crippen LogP contribution in [-0.4, -0.2) is 30.0 Å². The van der Waals surface area contributed by atoms with Gasteiger partial charge >= 0.3 is 0 Å². The third-order valence-electron chi connectivity index (χ3n) is 5.01. The molecule has 6 nitrogen and oxygen atoms in total. The maximum Gasteiger partial charge on any atom is 0.209 e. The molecule has 5 aromatic rings. The van der Waals surface area contributed by atoms with E-state index < -0.39 is 0 Å². The van der Waals surface area contributed by atoms with E-state index in [1.54, 1.807) is 45.6 Å². The normalized spacial score (nSPS) is 11.1. The third-order valence-corrected chi connectivity index (χ3v) is 7.24. The van der Waals surface area contributed by atoms with Gasteiger partial charge in [0.05, 0.1) is 29.0 Å². The summed E-state index contributed by atoms with van der Waals surface area (Å²) in [6.07, 6.45) is 1.74. The van der Waals surface area contributed by atoms with Crippen molar-refractivity contribution in [3.8, 4) is 17.1 Å². The molecule has 34 heavy (non-hydrogen) atoms. The van der Waals surface area contributed by atoms with Crippen molar-refractivity contribution in [2.45, 2.75) is 17.3 Å². The highest BCUT2D eigenvalue weighted by molar-refractivity contribution is 9.10. The van der Waals surface area contributed by atoms with Gasteiger partial charge in [-0.15, -0.1) is 22.0 Å². The van der Waals surface area contributed by atoms with E-state index >= 15 is 0 Å². The van der Waals surface area contributed by atoms with E-state index in [1.165, 1.54) is 5.56 Å². The van der Waals surface area contributed by atoms with Gasteiger partial charge in [0, 0.05) is 15.2 Å². The minimum atomic E-state index is 0.497. The van der Waals surface area contributed by atoms with Crippen LogP contribution in [0.3, 0.4) is 0 Å². The Morgan fingerprint density at radius 2 is 1.71 bits per heavy atom. The second-order valence-electron chi connectivity index (χ2n) is 7.42. The lowest BCUT2D eigenvalue weighted by molar-refractivity contribution is 0.573. The van der Waals surface area contributed by atoms with Crippen LogP contribution >= 0.6 is 50.9 Å². The Kier molecular flexibility index (Phi) is 7.01. The Bertz CT molecular complexity index is 1420. The molecule has 0 fully saturated rings. The summed E-state index contributed by atoms with van der Waals surface area (Å²) in [4.78, 5) is 1.58. The molecule has 0 saturated heterocycles. The maximum absolute atomic E-state index is 6.50. The molecule has 0 atom stereocenters. The third kappa shape index (κ3) is 5.20. The van der Waals surface area contributed by atoms with Crippen LogP contribution in [0.2, 0.25) is 10.0 Å². The van der Waals surface area contributed by atoms with Gasteiger partial charge in [-0.25, -0.2) is 4.68 Å². The smallest absolute Gasteiger partial charge is 0.209 e. The average molecular weight is 572 g/mol. The van der Waals surface area contributed by atoms with Gasteiger partial charge in [0.1, 0.15) is 5.03 Å². The Balaban J connectivity index is 1.50. The molecule has 0 radical (unpaired) electrons. The van der Waals surface area contributed by atoms with E-state index in [4.69, 9.17) is 23.2 Å². The highest BCUT2D eigenvalue weighted by Crippen LogP contribution is 2.36. The Labute approximate surface area is 219 Å². The predicted molar refractivity (Wildman–Crippen MR) is 140 cm³/mol. The summed E-state index contributed by atoms with van der Waals surface area (Å²) in [5.74, 6) is 1.24. The summed E-state index contributed by atoms with van der Waals surface area (Å²) < 4.78 is 2.81. The van der Waals surface area contributed by atoms with Crippen molar-refractivity contribution in [1.82, 2.24) is 30.0 Å². The van der Waals surface area contributed by atoms with E-state index in [0.29, 0.717) is 28.1 Å². The molecular formula is C24H17BrCl2N6S. The van der Waals surface area contributed by atoms with Crippen molar-refractivity contribution in [2.75, 3.05) is 0 Å². The Morgan fingerprint density at radius 3 is 2.50 bits per heavy atom. The summed E-state index contributed by atoms with van der Waals surface area (Å²) in [6, 6.07) is 23.6. The van der Waals surface area contributed by atoms with Crippen molar-refractivity contribution in [3.63, 3.8) is 0 Å². The minimum absolute atomic E-state index is 0.497. The lowest BCUT2D eigenvalue weighted by Gasteiger charge is -2.10. The van der Waals surface area contributed by atoms with Crippen molar-refractivity contribution < 1.29 is 0 Å². The predicted octanol–water partition coefficient (Wildman–Crippen LogP) is 6.94. The van der Waals surface area contributed by atoms with Crippen molar-refractivity contribution >= 4 is 50.9 Å². The molecule has 0 N–H and O–H groups in total. The van der Waals surface area contributed by atoms with Crippen molar-refractivity contribution in [1.29, 1.82) is 0 Å². The fraction of sp³-hybridized carbons (Fsp3) is 0.0833. The first kappa shape index (κ1) is 23.1. The van der Waals surface area contributed by atoms with Gasteiger partial charge in [0.2, 0.25) is 5.82 Å². The highest BCUT2D eigenvalue weighted by Gasteiger charge is 2.20. The molecular weight excluding hydrogens is 555 g/mol. The van der Waals surface area contributed by atoms with Gasteiger partial charge in [-0.1, -0.05) is 81.6 Å². The number of rotatable bonds is 7. The van der Waals surface area contributed by atoms with Crippen LogP contribution in [0.25, 0.3) is 17.1 Å². The molecule has 2 aromatic heterocycles. The van der Waals surface area contributed by atoms with Crippen molar-refractivity contribution in [3.05, 3.63) is 105 Å². The van der Waals surface area contributed by atoms with E-state index in [9.17, 15) is 0 Å². The van der Waals surface area contributed by atoms with Gasteiger partial charge in [-0.2, -0.15) is 9.90 Å². The molecule has 0 saturated carbocycles. The van der Waals surface area contributed by atoms with Crippen LogP contribution in [-0.2, 0) is 12.3 Å². The van der Waals surface area contributed by atoms with E-state index in [0.717, 1.165) is 26.4 Å². The molecule has 0 aliphatic carbocycles. The zero-order chi connectivity index (χ0) is 23.5. The largest absolute Gasteiger partial charge is 0.225 e. The summed E-state index contributed by atoms with van der Waals surface area (Å²) in [5, 5.41) is 19.8. The summed E-state index contributed by atoms with van der Waals surface area (Å²) in [5.41, 5.74) is 3.74. The van der Waals surface area contributed by atoms with E-state index in [2.05, 4.69) is 48.6 Å². The molecule has 3 aromatic carbocycles. The molecule has 0 spiro atoms. The average Bonchev–Trinajstić information content (AvgIpc) is 3.48. The number of halogens is 3. The van der Waals surface area contributed by atoms with Gasteiger partial charge in [0.25, 0.3) is 0 Å². The number of hydrogen-bond acceptors (Lipinski definition) is 5. The first-order chi connectivity index (χ1) is 16.6. The van der Waals surface area contributed by atoms with Gasteiger partial charge in [0.15, 0.2) is 0 Å². The van der Waals surface area contributed by atoms with Crippen LogP contribution in [0, 0.1) is 0 Å². The van der Waals surface area contributed by atoms with Gasteiger partial charge < -0.3 is 0 Å². The fourth-order valence-corrected chi connectivity index (χ4v) is 5.04. The standard InChI is InChI=1S/C24H17BrCl2N6S/c25-18-8-6-16(7-9-18)14-32-30-23(29-31-32)20-13-28-33(22-12-19(26)10-11-21(22)27)24(20)34-15-17-4-2-1-3-5-17/h1-13H,14-15H2. The molecule has 10 heteroatoms. The minimum Gasteiger partial charge on any atom is -0.225 e. The quantitative estimate of drug-likeness (QED) is 0.198. The number of tetrazole rings is 1. The van der Waals surface area contributed by atoms with Crippen LogP contribution in [0.4, 0.5) is 0 Å². The number of thioether (sulfide) groups is 1. The maximum atomic E-state index is 6.50. The Hall–Kier alpha value is -2.65. The lowest BCUT2D eigenvalue weighted by atomic mass is 10.2. The monoisotopic (exact) mass is 570 g/mol. The molecule has 170 valence electrons. The topological polar surface area (TPSA) is 61.4 Å². The molecule has 0 aliphatic rings. The molecule has 0 amide bonds. The number of hydrogen-bond donors (Lipinski definition) is 0. The van der Waals surface area contributed by atoms with Crippen LogP contribution in [0.5, 0.6) is 0 Å². The summed E-state index contributed by atoms with van der Waals surface area (Å²) >= 11 is 17.8. The van der Waals surface area contributed by atoms with E-state index in [-0.39, 0.29) is 0 Å². The Morgan fingerprint density at radius 1 is 0.912 bits per heavy atom. The number of nitrogens with zero attached hydrogens (tertiary/aromatic N) is 6.